The Morgan fingerprint density at radius 3 is 2.64 bits per heavy atom. The number of aromatic amines is 1. The summed E-state index contributed by atoms with van der Waals surface area (Å²) in [7, 11) is 0. The summed E-state index contributed by atoms with van der Waals surface area (Å²) < 4.78 is 0. The molecule has 22 heavy (non-hydrogen) atoms. The van der Waals surface area contributed by atoms with E-state index in [9.17, 15) is 4.79 Å². The number of aromatic nitrogens is 2. The highest BCUT2D eigenvalue weighted by molar-refractivity contribution is 5.85. The first-order chi connectivity index (χ1) is 10.6. The number of H-pyrrole nitrogens is 1. The molecule has 6 N–H and O–H groups in total. The molecule has 0 radical (unpaired) electrons. The molecule has 0 saturated carbocycles. The Labute approximate surface area is 127 Å². The minimum Gasteiger partial charge on any atom is -0.385 e. The van der Waals surface area contributed by atoms with Crippen LogP contribution in [0.2, 0.25) is 0 Å². The van der Waals surface area contributed by atoms with Gasteiger partial charge in [-0.05, 0) is 29.3 Å². The van der Waals surface area contributed by atoms with E-state index in [0.717, 1.165) is 5.69 Å². The number of nitrogens with one attached hydrogen (secondary N) is 2. The number of nitrogen functional groups attached to an aromatic ring is 2. The van der Waals surface area contributed by atoms with Crippen LogP contribution in [0.5, 0.6) is 0 Å². The van der Waals surface area contributed by atoms with Crippen LogP contribution >= 0.6 is 0 Å². The molecule has 3 aromatic rings. The third-order valence-electron chi connectivity index (χ3n) is 3.52. The van der Waals surface area contributed by atoms with Crippen molar-refractivity contribution in [3.8, 4) is 0 Å². The molecular formula is C16H17N5O. The van der Waals surface area contributed by atoms with Gasteiger partial charge in [0, 0.05) is 12.2 Å². The molecule has 3 rings (SSSR count). The van der Waals surface area contributed by atoms with Crippen molar-refractivity contribution in [2.45, 2.75) is 6.42 Å². The molecule has 1 aromatic heterocycles. The highest BCUT2D eigenvalue weighted by atomic mass is 16.1. The van der Waals surface area contributed by atoms with Crippen LogP contribution in [0.3, 0.4) is 0 Å². The van der Waals surface area contributed by atoms with Crippen molar-refractivity contribution in [1.82, 2.24) is 9.97 Å². The van der Waals surface area contributed by atoms with Gasteiger partial charge in [-0.1, -0.05) is 30.3 Å². The highest BCUT2D eigenvalue weighted by Crippen LogP contribution is 2.18. The third-order valence-corrected chi connectivity index (χ3v) is 3.52. The minimum absolute atomic E-state index is 0.0359. The van der Waals surface area contributed by atoms with E-state index in [4.69, 9.17) is 11.5 Å². The molecular weight excluding hydrogens is 278 g/mol. The molecule has 0 aliphatic carbocycles. The molecule has 0 fully saturated rings. The van der Waals surface area contributed by atoms with Crippen molar-refractivity contribution < 1.29 is 0 Å². The first-order valence-electron chi connectivity index (χ1n) is 7.00. The summed E-state index contributed by atoms with van der Waals surface area (Å²) in [6, 6.07) is 14.3. The van der Waals surface area contributed by atoms with Crippen LogP contribution in [-0.2, 0) is 6.42 Å². The van der Waals surface area contributed by atoms with Gasteiger partial charge in [-0.15, -0.1) is 0 Å². The van der Waals surface area contributed by atoms with Gasteiger partial charge in [0.05, 0.1) is 5.56 Å². The van der Waals surface area contributed by atoms with Crippen molar-refractivity contribution in [2.75, 3.05) is 23.3 Å². The summed E-state index contributed by atoms with van der Waals surface area (Å²) >= 11 is 0. The van der Waals surface area contributed by atoms with E-state index in [0.29, 0.717) is 18.5 Å². The van der Waals surface area contributed by atoms with Crippen LogP contribution in [0.15, 0.2) is 47.3 Å². The van der Waals surface area contributed by atoms with Gasteiger partial charge < -0.3 is 16.8 Å². The fraction of sp³-hybridized carbons (Fsp3) is 0.125. The van der Waals surface area contributed by atoms with Crippen LogP contribution < -0.4 is 22.3 Å². The Balaban J connectivity index is 1.71. The maximum absolute atomic E-state index is 11.8. The molecule has 0 saturated heterocycles. The second-order valence-electron chi connectivity index (χ2n) is 5.05. The molecule has 0 spiro atoms. The monoisotopic (exact) mass is 295 g/mol. The van der Waals surface area contributed by atoms with Crippen molar-refractivity contribution in [1.29, 1.82) is 0 Å². The zero-order valence-corrected chi connectivity index (χ0v) is 12.0. The Morgan fingerprint density at radius 1 is 1.09 bits per heavy atom. The molecule has 112 valence electrons. The van der Waals surface area contributed by atoms with Crippen molar-refractivity contribution in [2.24, 2.45) is 0 Å². The molecule has 0 aliphatic rings. The van der Waals surface area contributed by atoms with E-state index in [1.807, 2.05) is 18.2 Å². The van der Waals surface area contributed by atoms with Gasteiger partial charge >= 0.3 is 0 Å². The summed E-state index contributed by atoms with van der Waals surface area (Å²) in [5.74, 6) is 0.218. The lowest BCUT2D eigenvalue weighted by atomic mass is 10.1. The summed E-state index contributed by atoms with van der Waals surface area (Å²) in [4.78, 5) is 18.1. The maximum Gasteiger partial charge on any atom is 0.257 e. The Bertz CT molecular complexity index is 872. The lowest BCUT2D eigenvalue weighted by Crippen LogP contribution is -2.21. The Morgan fingerprint density at radius 2 is 1.86 bits per heavy atom. The van der Waals surface area contributed by atoms with E-state index in [2.05, 4.69) is 39.6 Å². The molecule has 6 heteroatoms. The Hall–Kier alpha value is -3.02. The molecule has 0 amide bonds. The number of nitrogens with two attached hydrogens (primary N) is 2. The van der Waals surface area contributed by atoms with Crippen molar-refractivity contribution in [3.63, 3.8) is 0 Å². The fourth-order valence-electron chi connectivity index (χ4n) is 2.41. The number of nitrogens with zero attached hydrogens (tertiary/aromatic N) is 1. The summed E-state index contributed by atoms with van der Waals surface area (Å²) in [6.07, 6.45) is 0.473. The van der Waals surface area contributed by atoms with Crippen molar-refractivity contribution >= 4 is 28.2 Å². The maximum atomic E-state index is 11.8. The molecule has 0 atom stereocenters. The van der Waals surface area contributed by atoms with Crippen LogP contribution in [0.1, 0.15) is 5.56 Å². The predicted octanol–water partition coefficient (Wildman–Crippen LogP) is 1.74. The number of fused-ring (bicyclic) bond motifs is 1. The fourth-order valence-corrected chi connectivity index (χ4v) is 2.41. The topological polar surface area (TPSA) is 110 Å². The summed E-state index contributed by atoms with van der Waals surface area (Å²) in [6.45, 7) is 0.581. The van der Waals surface area contributed by atoms with Gasteiger partial charge in [0.15, 0.2) is 0 Å². The lowest BCUT2D eigenvalue weighted by Gasteiger charge is -2.08. The smallest absolute Gasteiger partial charge is 0.257 e. The van der Waals surface area contributed by atoms with Gasteiger partial charge in [-0.2, -0.15) is 4.98 Å². The first-order valence-corrected chi connectivity index (χ1v) is 7.00. The number of benzene rings is 2. The number of anilines is 3. The van der Waals surface area contributed by atoms with Gasteiger partial charge in [0.1, 0.15) is 5.82 Å². The van der Waals surface area contributed by atoms with Gasteiger partial charge in [0.25, 0.3) is 5.56 Å². The van der Waals surface area contributed by atoms with Gasteiger partial charge in [0.2, 0.25) is 5.95 Å². The standard InChI is InChI=1S/C16H17N5O/c17-14-13(15(22)21-16(18)20-14)7-8-19-12-6-5-10-3-1-2-4-11(10)9-12/h1-6,9,19H,7-8H2,(H5,17,18,20,21,22). The minimum atomic E-state index is -0.287. The molecule has 0 bridgehead atoms. The SMILES string of the molecule is Nc1nc(N)c(CCNc2ccc3ccccc3c2)c(=O)[nH]1. The second kappa shape index (κ2) is 5.77. The molecule has 6 nitrogen and oxygen atoms in total. The van der Waals surface area contributed by atoms with Crippen molar-refractivity contribution in [3.05, 3.63) is 58.4 Å². The average Bonchev–Trinajstić information content (AvgIpc) is 2.49. The zero-order chi connectivity index (χ0) is 15.5. The quantitative estimate of drug-likeness (QED) is 0.586. The van der Waals surface area contributed by atoms with E-state index in [1.165, 1.54) is 10.8 Å². The van der Waals surface area contributed by atoms with E-state index >= 15 is 0 Å². The zero-order valence-electron chi connectivity index (χ0n) is 12.0. The second-order valence-corrected chi connectivity index (χ2v) is 5.05. The van der Waals surface area contributed by atoms with Crippen LogP contribution in [0.25, 0.3) is 10.8 Å². The highest BCUT2D eigenvalue weighted by Gasteiger charge is 2.07. The number of hydrogen-bond acceptors (Lipinski definition) is 5. The molecule has 2 aromatic carbocycles. The largest absolute Gasteiger partial charge is 0.385 e. The summed E-state index contributed by atoms with van der Waals surface area (Å²) in [5, 5.41) is 5.64. The lowest BCUT2D eigenvalue weighted by molar-refractivity contribution is 0.966. The van der Waals surface area contributed by atoms with Crippen LogP contribution in [0.4, 0.5) is 17.5 Å². The van der Waals surface area contributed by atoms with Gasteiger partial charge in [-0.3, -0.25) is 9.78 Å². The number of rotatable bonds is 4. The molecule has 0 unspecified atom stereocenters. The van der Waals surface area contributed by atoms with Crippen LogP contribution in [0, 0.1) is 0 Å². The summed E-state index contributed by atoms with van der Waals surface area (Å²) in [5.41, 5.74) is 12.3. The van der Waals surface area contributed by atoms with Crippen LogP contribution in [-0.4, -0.2) is 16.5 Å². The van der Waals surface area contributed by atoms with Gasteiger partial charge in [-0.25, -0.2) is 0 Å². The molecule has 1 heterocycles. The molecule has 0 aliphatic heterocycles. The average molecular weight is 295 g/mol. The number of hydrogen-bond donors (Lipinski definition) is 4. The normalized spacial score (nSPS) is 10.7. The first kappa shape index (κ1) is 13.9. The predicted molar refractivity (Wildman–Crippen MR) is 89.8 cm³/mol. The Kier molecular flexibility index (Phi) is 3.65. The van der Waals surface area contributed by atoms with E-state index in [-0.39, 0.29) is 17.3 Å². The van der Waals surface area contributed by atoms with E-state index in [1.54, 1.807) is 0 Å². The third kappa shape index (κ3) is 2.85. The van der Waals surface area contributed by atoms with E-state index < -0.39 is 0 Å².